The molecule has 0 N–H and O–H groups in total. The van der Waals surface area contributed by atoms with E-state index in [1.807, 2.05) is 13.8 Å². The first-order valence-corrected chi connectivity index (χ1v) is 10.4. The van der Waals surface area contributed by atoms with Crippen LogP contribution in [0.25, 0.3) is 5.69 Å². The number of para-hydroxylation sites is 1. The standard InChI is InChI=1S/C25H21F3N2O2/c1-24(2)13-17(31)20-18(14-24)32-23-21(19(20)15-9-5-3-6-10-15)22(25(26,27)28)29-30(23)16-11-7-4-8-12-16/h3-12,19H,13-14H2,1-2H3. The summed E-state index contributed by atoms with van der Waals surface area (Å²) in [6.07, 6.45) is -4.00. The molecule has 1 aromatic heterocycles. The summed E-state index contributed by atoms with van der Waals surface area (Å²) in [5.41, 5.74) is -0.124. The molecule has 0 saturated heterocycles. The molecule has 5 rings (SSSR count). The highest BCUT2D eigenvalue weighted by Crippen LogP contribution is 2.53. The Balaban J connectivity index is 1.83. The lowest BCUT2D eigenvalue weighted by Crippen LogP contribution is -2.33. The molecule has 2 aromatic carbocycles. The number of alkyl halides is 3. The summed E-state index contributed by atoms with van der Waals surface area (Å²) in [6, 6.07) is 17.4. The highest BCUT2D eigenvalue weighted by molar-refractivity contribution is 6.00. The van der Waals surface area contributed by atoms with Gasteiger partial charge in [-0.2, -0.15) is 23.0 Å². The summed E-state index contributed by atoms with van der Waals surface area (Å²) in [5.74, 6) is -0.635. The second-order valence-corrected chi connectivity index (χ2v) is 9.04. The van der Waals surface area contributed by atoms with Crippen molar-refractivity contribution in [3.05, 3.63) is 88.8 Å². The second-order valence-electron chi connectivity index (χ2n) is 9.04. The number of carbonyl (C=O) groups is 1. The van der Waals surface area contributed by atoms with Crippen molar-refractivity contribution in [3.8, 4) is 11.6 Å². The Morgan fingerprint density at radius 3 is 2.25 bits per heavy atom. The fourth-order valence-corrected chi connectivity index (χ4v) is 4.66. The number of hydrogen-bond donors (Lipinski definition) is 0. The smallest absolute Gasteiger partial charge is 0.435 e. The molecule has 1 atom stereocenters. The van der Waals surface area contributed by atoms with Crippen LogP contribution in [0.4, 0.5) is 13.2 Å². The van der Waals surface area contributed by atoms with Gasteiger partial charge in [-0.15, -0.1) is 0 Å². The van der Waals surface area contributed by atoms with Crippen LogP contribution < -0.4 is 4.74 Å². The SMILES string of the molecule is CC1(C)CC(=O)C2=C(C1)Oc1c(c(C(F)(F)F)nn1-c1ccccc1)C2c1ccccc1. The first kappa shape index (κ1) is 20.5. The Morgan fingerprint density at radius 2 is 1.62 bits per heavy atom. The van der Waals surface area contributed by atoms with E-state index in [1.54, 1.807) is 60.7 Å². The molecule has 2 aliphatic rings. The zero-order valence-corrected chi connectivity index (χ0v) is 17.6. The highest BCUT2D eigenvalue weighted by atomic mass is 19.4. The number of benzene rings is 2. The molecule has 32 heavy (non-hydrogen) atoms. The van der Waals surface area contributed by atoms with Gasteiger partial charge in [0.2, 0.25) is 5.88 Å². The van der Waals surface area contributed by atoms with Gasteiger partial charge in [0.05, 0.1) is 11.3 Å². The molecule has 1 aliphatic carbocycles. The van der Waals surface area contributed by atoms with Crippen molar-refractivity contribution in [2.24, 2.45) is 5.41 Å². The molecule has 0 fully saturated rings. The lowest BCUT2D eigenvalue weighted by atomic mass is 9.70. The number of ether oxygens (including phenoxy) is 1. The monoisotopic (exact) mass is 438 g/mol. The van der Waals surface area contributed by atoms with E-state index < -0.39 is 17.8 Å². The Bertz CT molecular complexity index is 1230. The minimum atomic E-state index is -4.71. The van der Waals surface area contributed by atoms with Gasteiger partial charge < -0.3 is 4.74 Å². The van der Waals surface area contributed by atoms with Gasteiger partial charge in [-0.3, -0.25) is 4.79 Å². The number of allylic oxidation sites excluding steroid dienone is 2. The van der Waals surface area contributed by atoms with Crippen molar-refractivity contribution in [3.63, 3.8) is 0 Å². The van der Waals surface area contributed by atoms with Crippen molar-refractivity contribution < 1.29 is 22.7 Å². The quantitative estimate of drug-likeness (QED) is 0.489. The minimum Gasteiger partial charge on any atom is -0.442 e. The predicted octanol–water partition coefficient (Wildman–Crippen LogP) is 6.06. The number of halogens is 3. The minimum absolute atomic E-state index is 0.0154. The summed E-state index contributed by atoms with van der Waals surface area (Å²) >= 11 is 0. The van der Waals surface area contributed by atoms with Crippen LogP contribution in [0.2, 0.25) is 0 Å². The maximum Gasteiger partial charge on any atom is 0.435 e. The van der Waals surface area contributed by atoms with Crippen LogP contribution in [0.5, 0.6) is 5.88 Å². The molecule has 0 bridgehead atoms. The molecule has 1 unspecified atom stereocenters. The van der Waals surface area contributed by atoms with Crippen molar-refractivity contribution in [1.29, 1.82) is 0 Å². The van der Waals surface area contributed by atoms with Gasteiger partial charge in [-0.05, 0) is 23.1 Å². The van der Waals surface area contributed by atoms with E-state index in [0.717, 1.165) is 0 Å². The number of ketones is 1. The van der Waals surface area contributed by atoms with Gasteiger partial charge in [-0.25, -0.2) is 0 Å². The van der Waals surface area contributed by atoms with E-state index in [0.29, 0.717) is 29.0 Å². The average molecular weight is 438 g/mol. The number of hydrogen-bond acceptors (Lipinski definition) is 3. The number of nitrogens with zero attached hydrogens (tertiary/aromatic N) is 2. The van der Waals surface area contributed by atoms with Gasteiger partial charge in [0.1, 0.15) is 5.76 Å². The molecule has 0 amide bonds. The zero-order valence-electron chi connectivity index (χ0n) is 17.6. The molecule has 0 spiro atoms. The van der Waals surface area contributed by atoms with E-state index in [9.17, 15) is 18.0 Å². The van der Waals surface area contributed by atoms with Crippen LogP contribution >= 0.6 is 0 Å². The maximum atomic E-state index is 14.2. The lowest BCUT2D eigenvalue weighted by Gasteiger charge is -2.37. The molecule has 4 nitrogen and oxygen atoms in total. The molecule has 1 aliphatic heterocycles. The van der Waals surface area contributed by atoms with Gasteiger partial charge in [0, 0.05) is 24.3 Å². The third-order valence-electron chi connectivity index (χ3n) is 5.96. The van der Waals surface area contributed by atoms with Crippen LogP contribution in [0, 0.1) is 5.41 Å². The number of aromatic nitrogens is 2. The molecule has 7 heteroatoms. The maximum absolute atomic E-state index is 14.2. The third-order valence-corrected chi connectivity index (χ3v) is 5.96. The second kappa shape index (κ2) is 7.08. The van der Waals surface area contributed by atoms with Gasteiger partial charge in [0.25, 0.3) is 0 Å². The summed E-state index contributed by atoms with van der Waals surface area (Å²) in [5, 5.41) is 3.96. The van der Waals surface area contributed by atoms with E-state index in [-0.39, 0.29) is 29.1 Å². The van der Waals surface area contributed by atoms with E-state index in [4.69, 9.17) is 4.74 Å². The molecule has 0 radical (unpaired) electrons. The van der Waals surface area contributed by atoms with Crippen LogP contribution in [0.1, 0.15) is 49.4 Å². The number of fused-ring (bicyclic) bond motifs is 1. The highest BCUT2D eigenvalue weighted by Gasteiger charge is 2.49. The molecule has 3 aromatic rings. The summed E-state index contributed by atoms with van der Waals surface area (Å²) in [6.45, 7) is 3.92. The van der Waals surface area contributed by atoms with Crippen LogP contribution in [-0.4, -0.2) is 15.6 Å². The summed E-state index contributed by atoms with van der Waals surface area (Å²) < 4.78 is 49.9. The molecule has 2 heterocycles. The number of rotatable bonds is 2. The molecular weight excluding hydrogens is 417 g/mol. The fourth-order valence-electron chi connectivity index (χ4n) is 4.66. The zero-order chi connectivity index (χ0) is 22.7. The predicted molar refractivity (Wildman–Crippen MR) is 113 cm³/mol. The normalized spacial score (nSPS) is 19.9. The van der Waals surface area contributed by atoms with Crippen molar-refractivity contribution in [1.82, 2.24) is 9.78 Å². The summed E-state index contributed by atoms with van der Waals surface area (Å²) in [7, 11) is 0. The lowest BCUT2D eigenvalue weighted by molar-refractivity contribution is -0.142. The first-order chi connectivity index (χ1) is 15.2. The third kappa shape index (κ3) is 3.32. The van der Waals surface area contributed by atoms with E-state index >= 15 is 0 Å². The molecule has 0 saturated carbocycles. The number of carbonyl (C=O) groups excluding carboxylic acids is 1. The first-order valence-electron chi connectivity index (χ1n) is 10.4. The van der Waals surface area contributed by atoms with Crippen LogP contribution in [0.15, 0.2) is 72.0 Å². The van der Waals surface area contributed by atoms with Gasteiger partial charge >= 0.3 is 6.18 Å². The Kier molecular flexibility index (Phi) is 4.55. The topological polar surface area (TPSA) is 44.1 Å². The van der Waals surface area contributed by atoms with Gasteiger partial charge in [-0.1, -0.05) is 62.4 Å². The van der Waals surface area contributed by atoms with E-state index in [2.05, 4.69) is 5.10 Å². The number of Topliss-reactive ketones (excluding diaryl/α,β-unsaturated/α-hetero) is 1. The summed E-state index contributed by atoms with van der Waals surface area (Å²) in [4.78, 5) is 13.2. The molecule has 164 valence electrons. The van der Waals surface area contributed by atoms with Crippen molar-refractivity contribution in [2.75, 3.05) is 0 Å². The molecular formula is C25H21F3N2O2. The Morgan fingerprint density at radius 1 is 1.00 bits per heavy atom. The fraction of sp³-hybridized carbons (Fsp3) is 0.280. The Labute approximate surface area is 183 Å². The van der Waals surface area contributed by atoms with E-state index in [1.165, 1.54) is 4.68 Å². The average Bonchev–Trinajstić information content (AvgIpc) is 3.12. The van der Waals surface area contributed by atoms with Gasteiger partial charge in [0.15, 0.2) is 11.5 Å². The van der Waals surface area contributed by atoms with Crippen molar-refractivity contribution in [2.45, 2.75) is 38.8 Å². The van der Waals surface area contributed by atoms with Crippen LogP contribution in [0.3, 0.4) is 0 Å². The van der Waals surface area contributed by atoms with Crippen molar-refractivity contribution >= 4 is 5.78 Å². The van der Waals surface area contributed by atoms with Crippen LogP contribution in [-0.2, 0) is 11.0 Å². The Hall–Kier alpha value is -3.35. The largest absolute Gasteiger partial charge is 0.442 e.